The van der Waals surface area contributed by atoms with E-state index in [1.54, 1.807) is 0 Å². The molecule has 0 spiro atoms. The average Bonchev–Trinajstić information content (AvgIpc) is 2.26. The van der Waals surface area contributed by atoms with Crippen LogP contribution in [0.4, 0.5) is 13.2 Å². The molecule has 0 heterocycles. The second kappa shape index (κ2) is 5.15. The van der Waals surface area contributed by atoms with Crippen LogP contribution in [0.1, 0.15) is 36.7 Å². The van der Waals surface area contributed by atoms with E-state index in [0.29, 0.717) is 5.56 Å². The van der Waals surface area contributed by atoms with E-state index in [0.717, 1.165) is 6.07 Å². The first-order valence-corrected chi connectivity index (χ1v) is 5.60. The summed E-state index contributed by atoms with van der Waals surface area (Å²) >= 11 is 0. The predicted molar refractivity (Wildman–Crippen MR) is 63.8 cm³/mol. The summed E-state index contributed by atoms with van der Waals surface area (Å²) in [7, 11) is 0. The minimum atomic E-state index is -5.18. The molecule has 0 aliphatic carbocycles. The Morgan fingerprint density at radius 2 is 1.70 bits per heavy atom. The minimum absolute atomic E-state index is 0.392. The van der Waals surface area contributed by atoms with Crippen molar-refractivity contribution in [2.45, 2.75) is 32.4 Å². The molecule has 0 aromatic heterocycles. The topological polar surface area (TPSA) is 63.6 Å². The van der Waals surface area contributed by atoms with Crippen molar-refractivity contribution in [3.63, 3.8) is 0 Å². The van der Waals surface area contributed by atoms with Crippen molar-refractivity contribution in [2.75, 3.05) is 0 Å². The largest absolute Gasteiger partial charge is 0.491 e. The van der Waals surface area contributed by atoms with Gasteiger partial charge in [0.05, 0.1) is 0 Å². The standard InChI is InChI=1S/C13H13F3O4/c1-12(2,3)7-4-5-9(8(6-7)10(17)18)20-11(19)13(14,15)16/h4-6H,1-3H3,(H,17,18). The molecule has 0 aliphatic heterocycles. The summed E-state index contributed by atoms with van der Waals surface area (Å²) in [5.41, 5.74) is -0.284. The monoisotopic (exact) mass is 290 g/mol. The molecular weight excluding hydrogens is 277 g/mol. The van der Waals surface area contributed by atoms with Gasteiger partial charge in [-0.2, -0.15) is 13.2 Å². The van der Waals surface area contributed by atoms with E-state index in [4.69, 9.17) is 5.11 Å². The number of carboxylic acid groups (broad SMARTS) is 1. The number of rotatable bonds is 2. The van der Waals surface area contributed by atoms with Crippen molar-refractivity contribution in [1.82, 2.24) is 0 Å². The molecule has 7 heteroatoms. The molecule has 1 aromatic rings. The first-order valence-electron chi connectivity index (χ1n) is 5.60. The van der Waals surface area contributed by atoms with Crippen molar-refractivity contribution in [2.24, 2.45) is 0 Å². The summed E-state index contributed by atoms with van der Waals surface area (Å²) in [6.07, 6.45) is -5.18. The van der Waals surface area contributed by atoms with Gasteiger partial charge in [0.1, 0.15) is 11.3 Å². The summed E-state index contributed by atoms with van der Waals surface area (Å²) in [6, 6.07) is 3.67. The van der Waals surface area contributed by atoms with Crippen LogP contribution in [0, 0.1) is 0 Å². The van der Waals surface area contributed by atoms with Gasteiger partial charge in [-0.15, -0.1) is 0 Å². The second-order valence-corrected chi connectivity index (χ2v) is 5.15. The zero-order valence-electron chi connectivity index (χ0n) is 11.0. The van der Waals surface area contributed by atoms with Gasteiger partial charge in [0.25, 0.3) is 0 Å². The molecule has 0 fully saturated rings. The molecule has 0 saturated heterocycles. The molecule has 0 atom stereocenters. The highest BCUT2D eigenvalue weighted by molar-refractivity contribution is 5.92. The van der Waals surface area contributed by atoms with Gasteiger partial charge in [-0.05, 0) is 23.1 Å². The molecular formula is C13H13F3O4. The van der Waals surface area contributed by atoms with E-state index in [2.05, 4.69) is 4.74 Å². The Bertz CT molecular complexity index is 542. The number of carboxylic acids is 1. The van der Waals surface area contributed by atoms with Crippen LogP contribution in [0.3, 0.4) is 0 Å². The van der Waals surface area contributed by atoms with Crippen LogP contribution in [0.25, 0.3) is 0 Å². The number of alkyl halides is 3. The Balaban J connectivity index is 3.22. The molecule has 110 valence electrons. The number of hydrogen-bond acceptors (Lipinski definition) is 3. The first-order chi connectivity index (χ1) is 8.93. The van der Waals surface area contributed by atoms with Crippen LogP contribution >= 0.6 is 0 Å². The lowest BCUT2D eigenvalue weighted by Gasteiger charge is -2.20. The highest BCUT2D eigenvalue weighted by Gasteiger charge is 2.42. The number of esters is 1. The summed E-state index contributed by atoms with van der Waals surface area (Å²) in [5.74, 6) is -4.56. The predicted octanol–water partition coefficient (Wildman–Crippen LogP) is 3.15. The Kier molecular flexibility index (Phi) is 4.12. The van der Waals surface area contributed by atoms with E-state index in [1.807, 2.05) is 20.8 Å². The normalized spacial score (nSPS) is 12.1. The van der Waals surface area contributed by atoms with E-state index in [1.165, 1.54) is 12.1 Å². The van der Waals surface area contributed by atoms with Gasteiger partial charge in [0.2, 0.25) is 0 Å². The van der Waals surface area contributed by atoms with Crippen molar-refractivity contribution < 1.29 is 32.6 Å². The van der Waals surface area contributed by atoms with Crippen LogP contribution in [-0.2, 0) is 10.2 Å². The number of halogens is 3. The lowest BCUT2D eigenvalue weighted by Crippen LogP contribution is -2.28. The fourth-order valence-corrected chi connectivity index (χ4v) is 1.41. The first kappa shape index (κ1) is 16.0. The van der Waals surface area contributed by atoms with Crippen LogP contribution < -0.4 is 4.74 Å². The highest BCUT2D eigenvalue weighted by Crippen LogP contribution is 2.29. The molecule has 1 aromatic carbocycles. The SMILES string of the molecule is CC(C)(C)c1ccc(OC(=O)C(F)(F)F)c(C(=O)O)c1. The van der Waals surface area contributed by atoms with Crippen LogP contribution in [0.5, 0.6) is 5.75 Å². The van der Waals surface area contributed by atoms with E-state index < -0.39 is 34.8 Å². The number of benzene rings is 1. The minimum Gasteiger partial charge on any atom is -0.478 e. The Hall–Kier alpha value is -2.05. The third-order valence-corrected chi connectivity index (χ3v) is 2.51. The van der Waals surface area contributed by atoms with E-state index in [9.17, 15) is 22.8 Å². The molecule has 0 amide bonds. The third kappa shape index (κ3) is 3.72. The quantitative estimate of drug-likeness (QED) is 0.671. The number of ether oxygens (including phenoxy) is 1. The van der Waals surface area contributed by atoms with Gasteiger partial charge in [0, 0.05) is 0 Å². The zero-order valence-corrected chi connectivity index (χ0v) is 11.0. The zero-order chi connectivity index (χ0) is 15.7. The van der Waals surface area contributed by atoms with Gasteiger partial charge in [-0.3, -0.25) is 0 Å². The second-order valence-electron chi connectivity index (χ2n) is 5.15. The summed E-state index contributed by atoms with van der Waals surface area (Å²) in [5, 5.41) is 9.00. The summed E-state index contributed by atoms with van der Waals surface area (Å²) in [6.45, 7) is 5.44. The smallest absolute Gasteiger partial charge is 0.478 e. The van der Waals surface area contributed by atoms with Crippen LogP contribution in [0.2, 0.25) is 0 Å². The fraction of sp³-hybridized carbons (Fsp3) is 0.385. The molecule has 0 radical (unpaired) electrons. The van der Waals surface area contributed by atoms with Crippen LogP contribution in [0.15, 0.2) is 18.2 Å². The van der Waals surface area contributed by atoms with Gasteiger partial charge >= 0.3 is 18.1 Å². The maximum atomic E-state index is 12.1. The van der Waals surface area contributed by atoms with Crippen molar-refractivity contribution in [1.29, 1.82) is 0 Å². The number of carbonyl (C=O) groups excluding carboxylic acids is 1. The number of aromatic carboxylic acids is 1. The molecule has 1 N–H and O–H groups in total. The Morgan fingerprint density at radius 3 is 2.10 bits per heavy atom. The molecule has 20 heavy (non-hydrogen) atoms. The Morgan fingerprint density at radius 1 is 1.15 bits per heavy atom. The van der Waals surface area contributed by atoms with Crippen molar-refractivity contribution in [3.8, 4) is 5.75 Å². The third-order valence-electron chi connectivity index (χ3n) is 2.51. The molecule has 0 bridgehead atoms. The summed E-state index contributed by atoms with van der Waals surface area (Å²) < 4.78 is 40.4. The summed E-state index contributed by atoms with van der Waals surface area (Å²) in [4.78, 5) is 21.8. The lowest BCUT2D eigenvalue weighted by atomic mass is 9.86. The molecule has 0 aliphatic rings. The van der Waals surface area contributed by atoms with Crippen LogP contribution in [-0.4, -0.2) is 23.2 Å². The highest BCUT2D eigenvalue weighted by atomic mass is 19.4. The molecule has 1 rings (SSSR count). The van der Waals surface area contributed by atoms with Gasteiger partial charge in [-0.1, -0.05) is 26.8 Å². The number of hydrogen-bond donors (Lipinski definition) is 1. The fourth-order valence-electron chi connectivity index (χ4n) is 1.41. The molecule has 0 saturated carbocycles. The molecule has 0 unspecified atom stereocenters. The average molecular weight is 290 g/mol. The Labute approximate surface area is 113 Å². The van der Waals surface area contributed by atoms with Gasteiger partial charge in [0.15, 0.2) is 0 Å². The number of carbonyl (C=O) groups is 2. The van der Waals surface area contributed by atoms with Crippen molar-refractivity contribution in [3.05, 3.63) is 29.3 Å². The van der Waals surface area contributed by atoms with Crippen molar-refractivity contribution >= 4 is 11.9 Å². The van der Waals surface area contributed by atoms with E-state index >= 15 is 0 Å². The maximum Gasteiger partial charge on any atom is 0.491 e. The van der Waals surface area contributed by atoms with Gasteiger partial charge in [-0.25, -0.2) is 9.59 Å². The molecule has 4 nitrogen and oxygen atoms in total. The van der Waals surface area contributed by atoms with E-state index in [-0.39, 0.29) is 0 Å². The maximum absolute atomic E-state index is 12.1. The lowest BCUT2D eigenvalue weighted by molar-refractivity contribution is -0.189. The van der Waals surface area contributed by atoms with Gasteiger partial charge < -0.3 is 9.84 Å².